The van der Waals surface area contributed by atoms with E-state index < -0.39 is 0 Å². The number of fused-ring (bicyclic) bond motifs is 8. The Morgan fingerprint density at radius 3 is 1.72 bits per heavy atom. The maximum Gasteiger partial charge on any atom is 0.0503 e. The van der Waals surface area contributed by atoms with E-state index >= 15 is 0 Å². The van der Waals surface area contributed by atoms with Crippen LogP contribution in [0.2, 0.25) is 0 Å². The Hall–Kier alpha value is -7.16. The average molecular weight is 771 g/mol. The van der Waals surface area contributed by atoms with Crippen LogP contribution in [-0.4, -0.2) is 0 Å². The van der Waals surface area contributed by atoms with Crippen LogP contribution in [0.15, 0.2) is 194 Å². The standard InChI is InChI=1S/C58H46N2/c1-57(2)51-20-12-11-19-49(51)50-33-30-46(38-53(50)57)59(43-15-7-5-8-16-43)45-29-32-48-42(37-45)28-27-41-35-39(25-31-47(41)48)23-24-40-26-34-56-54(36-40)58(3,4)52-21-13-14-22-55(52)60(56)44-17-9-6-10-18-44/h5-38H,1-4H3/b24-23+. The summed E-state index contributed by atoms with van der Waals surface area (Å²) in [6.45, 7) is 9.40. The molecule has 9 aromatic carbocycles. The molecule has 11 rings (SSSR count). The van der Waals surface area contributed by atoms with E-state index in [0.717, 1.165) is 11.4 Å². The predicted molar refractivity (Wildman–Crippen MR) is 256 cm³/mol. The molecule has 0 amide bonds. The topological polar surface area (TPSA) is 6.48 Å². The molecular weight excluding hydrogens is 725 g/mol. The van der Waals surface area contributed by atoms with E-state index in [2.05, 4.69) is 244 Å². The van der Waals surface area contributed by atoms with Crippen LogP contribution in [0.3, 0.4) is 0 Å². The molecule has 2 aliphatic rings. The van der Waals surface area contributed by atoms with Crippen LogP contribution in [0.5, 0.6) is 0 Å². The number of benzene rings is 9. The zero-order valence-corrected chi connectivity index (χ0v) is 34.5. The zero-order chi connectivity index (χ0) is 40.6. The third-order valence-corrected chi connectivity index (χ3v) is 13.2. The lowest BCUT2D eigenvalue weighted by molar-refractivity contribution is 0.631. The highest BCUT2D eigenvalue weighted by molar-refractivity contribution is 6.09. The van der Waals surface area contributed by atoms with Gasteiger partial charge in [0, 0.05) is 33.6 Å². The van der Waals surface area contributed by atoms with Crippen LogP contribution in [0, 0.1) is 0 Å². The highest BCUT2D eigenvalue weighted by atomic mass is 15.2. The van der Waals surface area contributed by atoms with Crippen molar-refractivity contribution in [2.45, 2.75) is 38.5 Å². The molecule has 0 unspecified atom stereocenters. The summed E-state index contributed by atoms with van der Waals surface area (Å²) in [6.07, 6.45) is 4.51. The van der Waals surface area contributed by atoms with Gasteiger partial charge in [0.1, 0.15) is 0 Å². The first-order valence-corrected chi connectivity index (χ1v) is 21.1. The van der Waals surface area contributed by atoms with E-state index in [1.54, 1.807) is 0 Å². The van der Waals surface area contributed by atoms with E-state index in [1.807, 2.05) is 0 Å². The quantitative estimate of drug-likeness (QED) is 0.123. The number of nitrogens with zero attached hydrogens (tertiary/aromatic N) is 2. The van der Waals surface area contributed by atoms with Crippen molar-refractivity contribution in [3.8, 4) is 11.1 Å². The Kier molecular flexibility index (Phi) is 8.22. The average Bonchev–Trinajstić information content (AvgIpc) is 3.51. The van der Waals surface area contributed by atoms with Crippen molar-refractivity contribution in [3.63, 3.8) is 0 Å². The van der Waals surface area contributed by atoms with E-state index in [0.29, 0.717) is 0 Å². The summed E-state index contributed by atoms with van der Waals surface area (Å²) in [4.78, 5) is 4.81. The molecule has 0 spiro atoms. The Morgan fingerprint density at radius 2 is 0.933 bits per heavy atom. The second-order valence-electron chi connectivity index (χ2n) is 17.4. The van der Waals surface area contributed by atoms with E-state index in [9.17, 15) is 0 Å². The van der Waals surface area contributed by atoms with Gasteiger partial charge in [-0.15, -0.1) is 0 Å². The molecule has 1 heterocycles. The van der Waals surface area contributed by atoms with Crippen LogP contribution >= 0.6 is 0 Å². The SMILES string of the molecule is CC1(C)c2ccccc2-c2ccc(N(c3ccccc3)c3ccc4c(ccc5cc(/C=C/c6ccc7c(c6)C(C)(C)c6ccccc6N7c6ccccc6)ccc54)c3)cc21. The van der Waals surface area contributed by atoms with E-state index in [4.69, 9.17) is 0 Å². The summed E-state index contributed by atoms with van der Waals surface area (Å²) in [5.41, 5.74) is 17.4. The molecule has 0 saturated heterocycles. The fraction of sp³-hybridized carbons (Fsp3) is 0.103. The molecule has 1 aliphatic carbocycles. The predicted octanol–water partition coefficient (Wildman–Crippen LogP) is 16.0. The van der Waals surface area contributed by atoms with Crippen LogP contribution in [0.25, 0.3) is 44.8 Å². The maximum atomic E-state index is 2.41. The van der Waals surface area contributed by atoms with Gasteiger partial charge in [-0.1, -0.05) is 161 Å². The molecule has 0 radical (unpaired) electrons. The second-order valence-corrected chi connectivity index (χ2v) is 17.4. The van der Waals surface area contributed by atoms with Crippen LogP contribution in [0.1, 0.15) is 61.1 Å². The fourth-order valence-corrected chi connectivity index (χ4v) is 10.0. The highest BCUT2D eigenvalue weighted by Gasteiger charge is 2.37. The van der Waals surface area contributed by atoms with Crippen molar-refractivity contribution >= 4 is 67.8 Å². The van der Waals surface area contributed by atoms with Gasteiger partial charge in [-0.05, 0) is 139 Å². The minimum Gasteiger partial charge on any atom is -0.310 e. The van der Waals surface area contributed by atoms with Gasteiger partial charge >= 0.3 is 0 Å². The maximum absolute atomic E-state index is 2.41. The number of hydrogen-bond donors (Lipinski definition) is 0. The molecule has 2 heteroatoms. The molecule has 288 valence electrons. The fourth-order valence-electron chi connectivity index (χ4n) is 10.0. The minimum absolute atomic E-state index is 0.0739. The number of rotatable bonds is 6. The van der Waals surface area contributed by atoms with Crippen LogP contribution in [0.4, 0.5) is 34.1 Å². The van der Waals surface area contributed by atoms with Gasteiger partial charge < -0.3 is 9.80 Å². The second kappa shape index (κ2) is 13.7. The molecule has 1 aliphatic heterocycles. The van der Waals surface area contributed by atoms with Gasteiger partial charge in [0.15, 0.2) is 0 Å². The summed E-state index contributed by atoms with van der Waals surface area (Å²) in [6, 6.07) is 71.4. The summed E-state index contributed by atoms with van der Waals surface area (Å²) >= 11 is 0. The lowest BCUT2D eigenvalue weighted by atomic mass is 9.73. The normalized spacial score (nSPS) is 14.5. The molecule has 60 heavy (non-hydrogen) atoms. The molecule has 0 saturated carbocycles. The molecule has 9 aromatic rings. The summed E-state index contributed by atoms with van der Waals surface area (Å²) in [5, 5.41) is 4.97. The number of anilines is 6. The van der Waals surface area contributed by atoms with Crippen LogP contribution in [-0.2, 0) is 10.8 Å². The van der Waals surface area contributed by atoms with Crippen LogP contribution < -0.4 is 9.80 Å². The van der Waals surface area contributed by atoms with Gasteiger partial charge in [0.25, 0.3) is 0 Å². The highest BCUT2D eigenvalue weighted by Crippen LogP contribution is 2.53. The van der Waals surface area contributed by atoms with Gasteiger partial charge in [0.2, 0.25) is 0 Å². The first-order chi connectivity index (χ1) is 29.3. The summed E-state index contributed by atoms with van der Waals surface area (Å²) < 4.78 is 0. The molecule has 0 atom stereocenters. The van der Waals surface area contributed by atoms with Gasteiger partial charge in [-0.3, -0.25) is 0 Å². The minimum atomic E-state index is -0.145. The number of hydrogen-bond acceptors (Lipinski definition) is 2. The van der Waals surface area contributed by atoms with Crippen molar-refractivity contribution in [2.75, 3.05) is 9.80 Å². The molecular formula is C58H46N2. The van der Waals surface area contributed by atoms with Gasteiger partial charge in [-0.2, -0.15) is 0 Å². The van der Waals surface area contributed by atoms with Crippen molar-refractivity contribution in [1.29, 1.82) is 0 Å². The molecule has 0 bridgehead atoms. The third-order valence-electron chi connectivity index (χ3n) is 13.2. The van der Waals surface area contributed by atoms with Crippen molar-refractivity contribution in [3.05, 3.63) is 228 Å². The monoisotopic (exact) mass is 770 g/mol. The van der Waals surface area contributed by atoms with Crippen molar-refractivity contribution in [2.24, 2.45) is 0 Å². The number of para-hydroxylation sites is 3. The Balaban J connectivity index is 0.923. The Bertz CT molecular complexity index is 3150. The Morgan fingerprint density at radius 1 is 0.383 bits per heavy atom. The molecule has 0 fully saturated rings. The third kappa shape index (κ3) is 5.70. The molecule has 0 N–H and O–H groups in total. The van der Waals surface area contributed by atoms with Crippen molar-refractivity contribution < 1.29 is 0 Å². The lowest BCUT2D eigenvalue weighted by Gasteiger charge is -2.42. The van der Waals surface area contributed by atoms with Gasteiger partial charge in [0.05, 0.1) is 11.4 Å². The van der Waals surface area contributed by atoms with E-state index in [1.165, 1.54) is 88.8 Å². The molecule has 2 nitrogen and oxygen atoms in total. The smallest absolute Gasteiger partial charge is 0.0503 e. The Labute approximate surface area is 353 Å². The zero-order valence-electron chi connectivity index (χ0n) is 34.5. The first kappa shape index (κ1) is 36.0. The first-order valence-electron chi connectivity index (χ1n) is 21.1. The summed E-state index contributed by atoms with van der Waals surface area (Å²) in [7, 11) is 0. The van der Waals surface area contributed by atoms with Gasteiger partial charge in [-0.25, -0.2) is 0 Å². The largest absolute Gasteiger partial charge is 0.310 e. The van der Waals surface area contributed by atoms with E-state index in [-0.39, 0.29) is 10.8 Å². The molecule has 0 aromatic heterocycles. The van der Waals surface area contributed by atoms with Crippen molar-refractivity contribution in [1.82, 2.24) is 0 Å². The summed E-state index contributed by atoms with van der Waals surface area (Å²) in [5.74, 6) is 0. The lowest BCUT2D eigenvalue weighted by Crippen LogP contribution is -2.30.